The molecule has 8 nitrogen and oxygen atoms in total. The molecule has 5 rings (SSSR count). The van der Waals surface area contributed by atoms with Crippen LogP contribution in [0.2, 0.25) is 5.02 Å². The van der Waals surface area contributed by atoms with E-state index in [-0.39, 0.29) is 23.4 Å². The molecule has 2 aromatic heterocycles. The molecule has 1 fully saturated rings. The van der Waals surface area contributed by atoms with Crippen molar-refractivity contribution in [2.24, 2.45) is 11.7 Å². The lowest BCUT2D eigenvalue weighted by atomic mass is 9.96. The maximum Gasteiger partial charge on any atom is 0.276 e. The Hall–Kier alpha value is -4.04. The Balaban J connectivity index is 1.33. The smallest absolute Gasteiger partial charge is 0.276 e. The summed E-state index contributed by atoms with van der Waals surface area (Å²) in [5.74, 6) is -0.0343. The van der Waals surface area contributed by atoms with Crippen molar-refractivity contribution < 1.29 is 14.0 Å². The molecule has 0 saturated carbocycles. The number of carbonyl (C=O) groups excluding carboxylic acids is 2. The molecular formula is C26H24ClN5O3. The number of nitrogens with one attached hydrogen (secondary N) is 1. The van der Waals surface area contributed by atoms with E-state index in [1.807, 2.05) is 42.5 Å². The van der Waals surface area contributed by atoms with Crippen LogP contribution in [-0.2, 0) is 4.79 Å². The number of nitrogens with two attached hydrogens (primary N) is 1. The van der Waals surface area contributed by atoms with Crippen LogP contribution in [-0.4, -0.2) is 34.7 Å². The lowest BCUT2D eigenvalue weighted by Gasteiger charge is -2.32. The highest BCUT2D eigenvalue weighted by atomic mass is 35.5. The number of primary amides is 1. The van der Waals surface area contributed by atoms with Crippen molar-refractivity contribution >= 4 is 34.8 Å². The van der Waals surface area contributed by atoms with Gasteiger partial charge in [-0.15, -0.1) is 0 Å². The van der Waals surface area contributed by atoms with Gasteiger partial charge in [-0.05, 0) is 67.4 Å². The molecule has 3 N–H and O–H groups in total. The van der Waals surface area contributed by atoms with Crippen molar-refractivity contribution in [1.29, 1.82) is 0 Å². The Bertz CT molecular complexity index is 1340. The van der Waals surface area contributed by atoms with Crippen molar-refractivity contribution in [3.05, 3.63) is 83.7 Å². The molecule has 0 radical (unpaired) electrons. The molecule has 35 heavy (non-hydrogen) atoms. The summed E-state index contributed by atoms with van der Waals surface area (Å²) >= 11 is 6.17. The van der Waals surface area contributed by atoms with Gasteiger partial charge in [0.15, 0.2) is 11.5 Å². The van der Waals surface area contributed by atoms with Gasteiger partial charge < -0.3 is 20.4 Å². The summed E-state index contributed by atoms with van der Waals surface area (Å²) in [4.78, 5) is 26.6. The second kappa shape index (κ2) is 9.68. The van der Waals surface area contributed by atoms with Crippen LogP contribution in [0.5, 0.6) is 0 Å². The summed E-state index contributed by atoms with van der Waals surface area (Å²) in [6.45, 7) is 1.55. The number of anilines is 2. The SMILES string of the molecule is NC(=O)C1CCN(c2ccc(NC(=O)c3cc(-c4ccco4)n(-c4cccc(Cl)c4)n3)cc2)CC1. The molecule has 0 atom stereocenters. The first-order valence-corrected chi connectivity index (χ1v) is 11.7. The molecule has 0 aliphatic carbocycles. The molecule has 4 aromatic rings. The number of halogens is 1. The zero-order valence-electron chi connectivity index (χ0n) is 18.9. The fourth-order valence-electron chi connectivity index (χ4n) is 4.27. The molecule has 3 heterocycles. The second-order valence-electron chi connectivity index (χ2n) is 8.45. The summed E-state index contributed by atoms with van der Waals surface area (Å²) in [7, 11) is 0. The monoisotopic (exact) mass is 489 g/mol. The lowest BCUT2D eigenvalue weighted by Crippen LogP contribution is -2.38. The van der Waals surface area contributed by atoms with Gasteiger partial charge in [0.25, 0.3) is 5.91 Å². The van der Waals surface area contributed by atoms with Gasteiger partial charge in [0.1, 0.15) is 5.69 Å². The summed E-state index contributed by atoms with van der Waals surface area (Å²) < 4.78 is 7.20. The zero-order valence-corrected chi connectivity index (χ0v) is 19.6. The predicted molar refractivity (Wildman–Crippen MR) is 135 cm³/mol. The van der Waals surface area contributed by atoms with E-state index in [0.717, 1.165) is 31.6 Å². The Labute approximate surface area is 207 Å². The number of amides is 2. The van der Waals surface area contributed by atoms with Crippen LogP contribution in [0.3, 0.4) is 0 Å². The van der Waals surface area contributed by atoms with Gasteiger partial charge in [-0.25, -0.2) is 4.68 Å². The van der Waals surface area contributed by atoms with Crippen molar-refractivity contribution in [3.8, 4) is 17.1 Å². The highest BCUT2D eigenvalue weighted by molar-refractivity contribution is 6.30. The van der Waals surface area contributed by atoms with Gasteiger partial charge in [-0.1, -0.05) is 17.7 Å². The maximum absolute atomic E-state index is 13.0. The van der Waals surface area contributed by atoms with Crippen LogP contribution in [0.1, 0.15) is 23.3 Å². The van der Waals surface area contributed by atoms with E-state index in [1.165, 1.54) is 0 Å². The average molecular weight is 490 g/mol. The van der Waals surface area contributed by atoms with E-state index in [1.54, 1.807) is 35.2 Å². The van der Waals surface area contributed by atoms with Gasteiger partial charge in [-0.3, -0.25) is 9.59 Å². The molecular weight excluding hydrogens is 466 g/mol. The molecule has 1 aliphatic heterocycles. The van der Waals surface area contributed by atoms with Crippen molar-refractivity contribution in [3.63, 3.8) is 0 Å². The first-order valence-electron chi connectivity index (χ1n) is 11.3. The normalized spacial score (nSPS) is 14.1. The Morgan fingerprint density at radius 3 is 2.43 bits per heavy atom. The summed E-state index contributed by atoms with van der Waals surface area (Å²) in [5, 5.41) is 8.00. The third-order valence-corrected chi connectivity index (χ3v) is 6.39. The Morgan fingerprint density at radius 1 is 1.00 bits per heavy atom. The molecule has 178 valence electrons. The minimum Gasteiger partial charge on any atom is -0.463 e. The first kappa shape index (κ1) is 22.7. The maximum atomic E-state index is 13.0. The zero-order chi connectivity index (χ0) is 24.4. The number of nitrogens with zero attached hydrogens (tertiary/aromatic N) is 3. The number of carbonyl (C=O) groups is 2. The van der Waals surface area contributed by atoms with Crippen molar-refractivity contribution in [2.45, 2.75) is 12.8 Å². The first-order chi connectivity index (χ1) is 17.0. The van der Waals surface area contributed by atoms with Gasteiger partial charge in [0.05, 0.1) is 12.0 Å². The van der Waals surface area contributed by atoms with Crippen LogP contribution in [0.25, 0.3) is 17.1 Å². The van der Waals surface area contributed by atoms with E-state index >= 15 is 0 Å². The van der Waals surface area contributed by atoms with E-state index in [9.17, 15) is 9.59 Å². The van der Waals surface area contributed by atoms with Gasteiger partial charge >= 0.3 is 0 Å². The molecule has 0 unspecified atom stereocenters. The third-order valence-electron chi connectivity index (χ3n) is 6.16. The van der Waals surface area contributed by atoms with Crippen LogP contribution in [0, 0.1) is 5.92 Å². The molecule has 2 amide bonds. The van der Waals surface area contributed by atoms with Crippen LogP contribution >= 0.6 is 11.6 Å². The highest BCUT2D eigenvalue weighted by Crippen LogP contribution is 2.27. The minimum absolute atomic E-state index is 0.0531. The van der Waals surface area contributed by atoms with E-state index in [2.05, 4.69) is 15.3 Å². The number of furan rings is 1. The summed E-state index contributed by atoms with van der Waals surface area (Å²) in [6, 6.07) is 20.1. The standard InChI is InChI=1S/C26H24ClN5O3/c27-18-3-1-4-21(15-18)32-23(24-5-2-14-35-24)16-22(30-32)26(34)29-19-6-8-20(9-7-19)31-12-10-17(11-13-31)25(28)33/h1-9,14-17H,10-13H2,(H2,28,33)(H,29,34). The largest absolute Gasteiger partial charge is 0.463 e. The average Bonchev–Trinajstić information content (AvgIpc) is 3.55. The fourth-order valence-corrected chi connectivity index (χ4v) is 4.45. The van der Waals surface area contributed by atoms with Crippen molar-refractivity contribution in [1.82, 2.24) is 9.78 Å². The number of hydrogen-bond donors (Lipinski definition) is 2. The van der Waals surface area contributed by atoms with E-state index < -0.39 is 0 Å². The van der Waals surface area contributed by atoms with E-state index in [0.29, 0.717) is 27.9 Å². The van der Waals surface area contributed by atoms with Gasteiger partial charge in [0.2, 0.25) is 5.91 Å². The topological polar surface area (TPSA) is 106 Å². The van der Waals surface area contributed by atoms with Gasteiger partial charge in [-0.2, -0.15) is 5.10 Å². The van der Waals surface area contributed by atoms with Gasteiger partial charge in [0, 0.05) is 41.5 Å². The molecule has 9 heteroatoms. The quantitative estimate of drug-likeness (QED) is 0.407. The Morgan fingerprint density at radius 2 is 1.77 bits per heavy atom. The molecule has 0 bridgehead atoms. The van der Waals surface area contributed by atoms with Crippen molar-refractivity contribution in [2.75, 3.05) is 23.3 Å². The lowest BCUT2D eigenvalue weighted by molar-refractivity contribution is -0.122. The number of hydrogen-bond acceptors (Lipinski definition) is 5. The fraction of sp³-hybridized carbons (Fsp3) is 0.192. The second-order valence-corrected chi connectivity index (χ2v) is 8.88. The van der Waals surface area contributed by atoms with E-state index in [4.69, 9.17) is 21.8 Å². The molecule has 0 spiro atoms. The third kappa shape index (κ3) is 4.93. The van der Waals surface area contributed by atoms with Crippen LogP contribution in [0.15, 0.2) is 77.4 Å². The minimum atomic E-state index is -0.339. The number of piperidine rings is 1. The summed E-state index contributed by atoms with van der Waals surface area (Å²) in [5.41, 5.74) is 8.72. The molecule has 1 aliphatic rings. The molecule has 2 aromatic carbocycles. The highest BCUT2D eigenvalue weighted by Gasteiger charge is 2.23. The Kier molecular flexibility index (Phi) is 6.29. The number of aromatic nitrogens is 2. The number of benzene rings is 2. The summed E-state index contributed by atoms with van der Waals surface area (Å²) in [6.07, 6.45) is 3.07. The number of rotatable bonds is 6. The molecule has 1 saturated heterocycles. The van der Waals surface area contributed by atoms with Crippen LogP contribution < -0.4 is 16.0 Å². The van der Waals surface area contributed by atoms with Crippen LogP contribution in [0.4, 0.5) is 11.4 Å². The predicted octanol–water partition coefficient (Wildman–Crippen LogP) is 4.74.